The van der Waals surface area contributed by atoms with Gasteiger partial charge in [0, 0.05) is 29.4 Å². The molecule has 7 atom stereocenters. The number of aliphatic hydroxyl groups is 1. The summed E-state index contributed by atoms with van der Waals surface area (Å²) < 4.78 is 22.2. The van der Waals surface area contributed by atoms with Gasteiger partial charge in [0.2, 0.25) is 0 Å². The maximum absolute atomic E-state index is 12.7. The van der Waals surface area contributed by atoms with Crippen molar-refractivity contribution < 1.29 is 38.4 Å². The molecule has 2 heterocycles. The van der Waals surface area contributed by atoms with Crippen molar-refractivity contribution >= 4 is 17.9 Å². The van der Waals surface area contributed by atoms with Gasteiger partial charge in [-0.2, -0.15) is 0 Å². The monoisotopic (exact) mass is 420 g/mol. The van der Waals surface area contributed by atoms with Crippen molar-refractivity contribution in [1.82, 2.24) is 0 Å². The van der Waals surface area contributed by atoms with Gasteiger partial charge in [-0.25, -0.2) is 9.59 Å². The summed E-state index contributed by atoms with van der Waals surface area (Å²) in [5, 5.41) is 10.9. The Hall–Kier alpha value is -2.19. The van der Waals surface area contributed by atoms with Crippen LogP contribution in [0.3, 0.4) is 0 Å². The molecular weight excluding hydrogens is 392 g/mol. The van der Waals surface area contributed by atoms with Crippen LogP contribution in [0.15, 0.2) is 23.8 Å². The van der Waals surface area contributed by atoms with E-state index < -0.39 is 53.2 Å². The number of aliphatic hydroxyl groups excluding tert-OH is 1. The predicted molar refractivity (Wildman–Crippen MR) is 103 cm³/mol. The van der Waals surface area contributed by atoms with E-state index in [9.17, 15) is 19.5 Å². The second-order valence-corrected chi connectivity index (χ2v) is 9.15. The van der Waals surface area contributed by atoms with E-state index in [2.05, 4.69) is 6.58 Å². The van der Waals surface area contributed by atoms with E-state index >= 15 is 0 Å². The smallest absolute Gasteiger partial charge is 0.334 e. The lowest BCUT2D eigenvalue weighted by Crippen LogP contribution is -2.63. The predicted octanol–water partition coefficient (Wildman–Crippen LogP) is 1.46. The van der Waals surface area contributed by atoms with Crippen LogP contribution in [0.1, 0.15) is 40.0 Å². The highest BCUT2D eigenvalue weighted by atomic mass is 16.6. The minimum absolute atomic E-state index is 0.00168. The largest absolute Gasteiger partial charge is 0.462 e. The van der Waals surface area contributed by atoms with Crippen LogP contribution in [0, 0.1) is 17.3 Å². The van der Waals surface area contributed by atoms with Gasteiger partial charge in [-0.15, -0.1) is 0 Å². The second kappa shape index (κ2) is 7.20. The number of hydrogen-bond acceptors (Lipinski definition) is 8. The summed E-state index contributed by atoms with van der Waals surface area (Å²) in [5.41, 5.74) is -0.388. The molecule has 0 bridgehead atoms. The van der Waals surface area contributed by atoms with Crippen LogP contribution in [0.2, 0.25) is 0 Å². The molecule has 8 nitrogen and oxygen atoms in total. The van der Waals surface area contributed by atoms with E-state index in [0.29, 0.717) is 37.0 Å². The zero-order valence-corrected chi connectivity index (χ0v) is 17.5. The first-order valence-electron chi connectivity index (χ1n) is 10.3. The molecule has 4 fully saturated rings. The third-order valence-corrected chi connectivity index (χ3v) is 7.26. The fraction of sp³-hybridized carbons (Fsp3) is 0.682. The molecule has 4 rings (SSSR count). The fourth-order valence-electron chi connectivity index (χ4n) is 5.71. The van der Waals surface area contributed by atoms with Gasteiger partial charge < -0.3 is 24.1 Å². The number of fused-ring (bicyclic) bond motifs is 4. The van der Waals surface area contributed by atoms with Gasteiger partial charge in [-0.3, -0.25) is 4.79 Å². The molecule has 2 aliphatic heterocycles. The molecular formula is C22H28O8. The van der Waals surface area contributed by atoms with Gasteiger partial charge in [-0.1, -0.05) is 13.5 Å². The Labute approximate surface area is 175 Å². The molecule has 0 aromatic rings. The summed E-state index contributed by atoms with van der Waals surface area (Å²) in [7, 11) is 0. The minimum Gasteiger partial charge on any atom is -0.462 e. The summed E-state index contributed by atoms with van der Waals surface area (Å²) in [6.45, 7) is 9.27. The number of rotatable bonds is 4. The van der Waals surface area contributed by atoms with Crippen LogP contribution in [-0.2, 0) is 33.3 Å². The summed E-state index contributed by atoms with van der Waals surface area (Å²) in [6.07, 6.45) is 1.32. The molecule has 1 N–H and O–H groups in total. The highest BCUT2D eigenvalue weighted by Crippen LogP contribution is 2.63. The van der Waals surface area contributed by atoms with Gasteiger partial charge in [0.1, 0.15) is 18.8 Å². The summed E-state index contributed by atoms with van der Waals surface area (Å²) >= 11 is 0. The zero-order valence-electron chi connectivity index (χ0n) is 17.5. The number of ether oxygens (including phenoxy) is 4. The lowest BCUT2D eigenvalue weighted by Gasteiger charge is -2.56. The Morgan fingerprint density at radius 2 is 2.07 bits per heavy atom. The van der Waals surface area contributed by atoms with Gasteiger partial charge in [0.05, 0.1) is 24.2 Å². The van der Waals surface area contributed by atoms with E-state index in [4.69, 9.17) is 18.9 Å². The molecule has 0 aromatic carbocycles. The molecule has 0 radical (unpaired) electrons. The number of esters is 3. The lowest BCUT2D eigenvalue weighted by molar-refractivity contribution is -0.202. The highest BCUT2D eigenvalue weighted by molar-refractivity contribution is 5.91. The van der Waals surface area contributed by atoms with Crippen molar-refractivity contribution in [2.45, 2.75) is 63.9 Å². The maximum Gasteiger partial charge on any atom is 0.334 e. The molecule has 2 saturated heterocycles. The SMILES string of the molecule is C=C1C(=O)O[C@H]2[C@H]1[C@@H](O)C[C@@]1(C)[C@@H](OC(=O)/C(C)=C/COC(C)=O)CC[C@@]3(CO3)[C@H]21. The van der Waals surface area contributed by atoms with Gasteiger partial charge in [0.15, 0.2) is 0 Å². The lowest BCUT2D eigenvalue weighted by atomic mass is 9.51. The normalized spacial score (nSPS) is 42.3. The second-order valence-electron chi connectivity index (χ2n) is 9.15. The van der Waals surface area contributed by atoms with Crippen molar-refractivity contribution in [3.8, 4) is 0 Å². The van der Waals surface area contributed by atoms with E-state index in [1.54, 1.807) is 6.92 Å². The first-order chi connectivity index (χ1) is 14.1. The van der Waals surface area contributed by atoms with Crippen LogP contribution in [0.5, 0.6) is 0 Å². The Bertz CT molecular complexity index is 825. The molecule has 0 unspecified atom stereocenters. The third kappa shape index (κ3) is 3.26. The van der Waals surface area contributed by atoms with Gasteiger partial charge in [0.25, 0.3) is 0 Å². The summed E-state index contributed by atoms with van der Waals surface area (Å²) in [5.74, 6) is -2.06. The quantitative estimate of drug-likeness (QED) is 0.315. The van der Waals surface area contributed by atoms with Crippen molar-refractivity contribution in [3.05, 3.63) is 23.8 Å². The first-order valence-corrected chi connectivity index (χ1v) is 10.3. The molecule has 164 valence electrons. The van der Waals surface area contributed by atoms with E-state index in [1.165, 1.54) is 13.0 Å². The summed E-state index contributed by atoms with van der Waals surface area (Å²) in [6, 6.07) is 0. The number of carbonyl (C=O) groups excluding carboxylic acids is 3. The van der Waals surface area contributed by atoms with Gasteiger partial charge >= 0.3 is 17.9 Å². The number of carbonyl (C=O) groups is 3. The average molecular weight is 420 g/mol. The van der Waals surface area contributed by atoms with Crippen LogP contribution >= 0.6 is 0 Å². The number of epoxide rings is 1. The van der Waals surface area contributed by atoms with E-state index in [-0.39, 0.29) is 12.5 Å². The van der Waals surface area contributed by atoms with E-state index in [1.807, 2.05) is 6.92 Å². The first kappa shape index (κ1) is 21.1. The molecule has 2 saturated carbocycles. The van der Waals surface area contributed by atoms with Crippen LogP contribution in [0.25, 0.3) is 0 Å². The van der Waals surface area contributed by atoms with Crippen LogP contribution in [0.4, 0.5) is 0 Å². The molecule has 30 heavy (non-hydrogen) atoms. The zero-order chi connectivity index (χ0) is 21.8. The third-order valence-electron chi connectivity index (χ3n) is 7.26. The Morgan fingerprint density at radius 1 is 1.37 bits per heavy atom. The fourth-order valence-corrected chi connectivity index (χ4v) is 5.71. The average Bonchev–Trinajstić information content (AvgIpc) is 3.36. The molecule has 0 aromatic heterocycles. The highest BCUT2D eigenvalue weighted by Gasteiger charge is 2.72. The Morgan fingerprint density at radius 3 is 2.70 bits per heavy atom. The Balaban J connectivity index is 1.57. The molecule has 1 spiro atoms. The Kier molecular flexibility index (Phi) is 5.05. The molecule has 0 amide bonds. The minimum atomic E-state index is -0.814. The maximum atomic E-state index is 12.7. The summed E-state index contributed by atoms with van der Waals surface area (Å²) in [4.78, 5) is 35.8. The van der Waals surface area contributed by atoms with E-state index in [0.717, 1.165) is 0 Å². The molecule has 4 aliphatic rings. The van der Waals surface area contributed by atoms with Crippen molar-refractivity contribution in [2.24, 2.45) is 17.3 Å². The van der Waals surface area contributed by atoms with Crippen LogP contribution < -0.4 is 0 Å². The topological polar surface area (TPSA) is 112 Å². The standard InChI is InChI=1S/C22H28O8/c1-11(6-8-27-13(3)23)19(25)29-15-5-7-22(10-28-22)18-17-16(12(2)20(26)30-17)14(24)9-21(15,18)4/h6,14-18,24H,2,5,7-10H2,1,3-4H3/b11-6+/t14-,15-,16+,17-,18+,21-,22+/m0/s1. The number of hydrogen-bond donors (Lipinski definition) is 1. The van der Waals surface area contributed by atoms with Crippen molar-refractivity contribution in [3.63, 3.8) is 0 Å². The van der Waals surface area contributed by atoms with Crippen molar-refractivity contribution in [1.29, 1.82) is 0 Å². The van der Waals surface area contributed by atoms with Crippen molar-refractivity contribution in [2.75, 3.05) is 13.2 Å². The van der Waals surface area contributed by atoms with Crippen LogP contribution in [-0.4, -0.2) is 60.1 Å². The van der Waals surface area contributed by atoms with Gasteiger partial charge in [-0.05, 0) is 32.3 Å². The molecule has 2 aliphatic carbocycles. The molecule has 8 heteroatoms.